The Morgan fingerprint density at radius 3 is 2.60 bits per heavy atom. The van der Waals surface area contributed by atoms with Crippen molar-refractivity contribution in [3.63, 3.8) is 0 Å². The second kappa shape index (κ2) is 6.94. The first kappa shape index (κ1) is 17.1. The first-order valence-corrected chi connectivity index (χ1v) is 10.1. The molecule has 4 heterocycles. The standard InChI is InChI=1S/C21H21N9/c1-2-4-14-8-16(7-13(14)3-1)25-21-22-6-5-17(26-21)20-23-10-19(27-20)30-11-15(12-30)18-9-24-29-28-18/h1-6,9-10,15-16H,7-8,11-12H2,(H,23,27)(H,22,25,26)(H,24,28,29). The van der Waals surface area contributed by atoms with Crippen molar-refractivity contribution in [1.82, 2.24) is 35.3 Å². The third-order valence-corrected chi connectivity index (χ3v) is 5.92. The van der Waals surface area contributed by atoms with Crippen LogP contribution in [0.5, 0.6) is 0 Å². The molecule has 0 amide bonds. The molecule has 6 rings (SSSR count). The summed E-state index contributed by atoms with van der Waals surface area (Å²) in [5.74, 6) is 2.78. The number of anilines is 2. The molecule has 9 nitrogen and oxygen atoms in total. The summed E-state index contributed by atoms with van der Waals surface area (Å²) in [4.78, 5) is 19.3. The number of hydrogen-bond acceptors (Lipinski definition) is 7. The summed E-state index contributed by atoms with van der Waals surface area (Å²) in [6, 6.07) is 10.8. The minimum Gasteiger partial charge on any atom is -0.355 e. The van der Waals surface area contributed by atoms with Crippen molar-refractivity contribution in [3.05, 3.63) is 65.7 Å². The van der Waals surface area contributed by atoms with E-state index in [0.717, 1.165) is 49.0 Å². The molecule has 3 N–H and O–H groups in total. The highest BCUT2D eigenvalue weighted by atomic mass is 15.3. The number of fused-ring (bicyclic) bond motifs is 1. The maximum Gasteiger partial charge on any atom is 0.223 e. The van der Waals surface area contributed by atoms with Crippen LogP contribution in [0.2, 0.25) is 0 Å². The highest BCUT2D eigenvalue weighted by Gasteiger charge is 2.31. The summed E-state index contributed by atoms with van der Waals surface area (Å²) in [6.07, 6.45) is 7.42. The SMILES string of the molecule is c1ccc2c(c1)CC(Nc1nccc(-c3ncc(N4CC(c5cn[nH]n5)C4)[nH]3)n1)C2. The summed E-state index contributed by atoms with van der Waals surface area (Å²) in [7, 11) is 0. The normalized spacial score (nSPS) is 16.5. The summed E-state index contributed by atoms with van der Waals surface area (Å²) in [6.45, 7) is 1.79. The number of imidazole rings is 1. The molecule has 1 saturated heterocycles. The minimum atomic E-state index is 0.319. The number of H-pyrrole nitrogens is 2. The number of benzene rings is 1. The smallest absolute Gasteiger partial charge is 0.223 e. The number of nitrogens with one attached hydrogen (secondary N) is 3. The first-order chi connectivity index (χ1) is 14.8. The van der Waals surface area contributed by atoms with Gasteiger partial charge in [0.25, 0.3) is 0 Å². The predicted molar refractivity (Wildman–Crippen MR) is 112 cm³/mol. The van der Waals surface area contributed by atoms with Gasteiger partial charge in [-0.15, -0.1) is 0 Å². The average molecular weight is 399 g/mol. The predicted octanol–water partition coefficient (Wildman–Crippen LogP) is 2.17. The summed E-state index contributed by atoms with van der Waals surface area (Å²) in [5, 5.41) is 14.2. The Morgan fingerprint density at radius 1 is 1.00 bits per heavy atom. The fraction of sp³-hybridized carbons (Fsp3) is 0.286. The highest BCUT2D eigenvalue weighted by molar-refractivity contribution is 5.56. The molecule has 3 aromatic heterocycles. The van der Waals surface area contributed by atoms with Crippen LogP contribution in [0.25, 0.3) is 11.5 Å². The molecule has 9 heteroatoms. The molecule has 0 radical (unpaired) electrons. The Hall–Kier alpha value is -3.75. The second-order valence-corrected chi connectivity index (χ2v) is 7.90. The maximum absolute atomic E-state index is 4.68. The molecular formula is C21H21N9. The van der Waals surface area contributed by atoms with Crippen molar-refractivity contribution in [2.45, 2.75) is 24.8 Å². The van der Waals surface area contributed by atoms with E-state index in [0.29, 0.717) is 17.9 Å². The van der Waals surface area contributed by atoms with Crippen LogP contribution in [-0.4, -0.2) is 54.5 Å². The first-order valence-electron chi connectivity index (χ1n) is 10.1. The Labute approximate surface area is 173 Å². The van der Waals surface area contributed by atoms with E-state index >= 15 is 0 Å². The van der Waals surface area contributed by atoms with Crippen LogP contribution in [-0.2, 0) is 12.8 Å². The molecule has 1 aliphatic heterocycles. The Bertz CT molecular complexity index is 1140. The largest absolute Gasteiger partial charge is 0.355 e. The zero-order valence-corrected chi connectivity index (χ0v) is 16.3. The lowest BCUT2D eigenvalue weighted by Crippen LogP contribution is -2.45. The van der Waals surface area contributed by atoms with E-state index in [1.54, 1.807) is 12.4 Å². The van der Waals surface area contributed by atoms with Gasteiger partial charge in [0.1, 0.15) is 11.5 Å². The molecule has 30 heavy (non-hydrogen) atoms. The number of rotatable bonds is 5. The number of aromatic amines is 2. The summed E-state index contributed by atoms with van der Waals surface area (Å²) >= 11 is 0. The lowest BCUT2D eigenvalue weighted by molar-refractivity contribution is 0.509. The Kier molecular flexibility index (Phi) is 3.97. The minimum absolute atomic E-state index is 0.319. The number of aromatic nitrogens is 7. The Balaban J connectivity index is 1.13. The van der Waals surface area contributed by atoms with Gasteiger partial charge in [-0.3, -0.25) is 0 Å². The lowest BCUT2D eigenvalue weighted by atomic mass is 9.97. The third kappa shape index (κ3) is 3.08. The van der Waals surface area contributed by atoms with Gasteiger partial charge in [0.05, 0.1) is 18.1 Å². The van der Waals surface area contributed by atoms with Crippen LogP contribution in [0.4, 0.5) is 11.8 Å². The van der Waals surface area contributed by atoms with Gasteiger partial charge >= 0.3 is 0 Å². The van der Waals surface area contributed by atoms with Crippen molar-refractivity contribution < 1.29 is 0 Å². The molecule has 4 aromatic rings. The molecule has 1 aromatic carbocycles. The molecule has 0 spiro atoms. The molecule has 2 aliphatic rings. The monoisotopic (exact) mass is 399 g/mol. The van der Waals surface area contributed by atoms with Gasteiger partial charge in [-0.25, -0.2) is 15.0 Å². The third-order valence-electron chi connectivity index (χ3n) is 5.92. The highest BCUT2D eigenvalue weighted by Crippen LogP contribution is 2.30. The van der Waals surface area contributed by atoms with Gasteiger partial charge in [0.2, 0.25) is 5.95 Å². The number of nitrogens with zero attached hydrogens (tertiary/aromatic N) is 6. The van der Waals surface area contributed by atoms with E-state index in [2.05, 4.69) is 69.8 Å². The van der Waals surface area contributed by atoms with Crippen LogP contribution in [0.3, 0.4) is 0 Å². The van der Waals surface area contributed by atoms with E-state index < -0.39 is 0 Å². The Morgan fingerprint density at radius 2 is 1.83 bits per heavy atom. The van der Waals surface area contributed by atoms with Gasteiger partial charge in [0.15, 0.2) is 5.82 Å². The lowest BCUT2D eigenvalue weighted by Gasteiger charge is -2.38. The van der Waals surface area contributed by atoms with Gasteiger partial charge in [0, 0.05) is 31.2 Å². The van der Waals surface area contributed by atoms with E-state index in [1.165, 1.54) is 11.1 Å². The molecule has 0 unspecified atom stereocenters. The van der Waals surface area contributed by atoms with E-state index in [-0.39, 0.29) is 0 Å². The van der Waals surface area contributed by atoms with Crippen molar-refractivity contribution in [2.24, 2.45) is 0 Å². The summed E-state index contributed by atoms with van der Waals surface area (Å²) < 4.78 is 0. The molecule has 1 fully saturated rings. The van der Waals surface area contributed by atoms with Gasteiger partial charge in [-0.2, -0.15) is 15.4 Å². The van der Waals surface area contributed by atoms with E-state index in [4.69, 9.17) is 0 Å². The van der Waals surface area contributed by atoms with E-state index in [1.807, 2.05) is 12.3 Å². The molecule has 150 valence electrons. The zero-order valence-electron chi connectivity index (χ0n) is 16.3. The average Bonchev–Trinajstić information content (AvgIpc) is 3.48. The summed E-state index contributed by atoms with van der Waals surface area (Å²) in [5.41, 5.74) is 4.59. The van der Waals surface area contributed by atoms with Crippen molar-refractivity contribution >= 4 is 11.8 Å². The van der Waals surface area contributed by atoms with Crippen molar-refractivity contribution in [1.29, 1.82) is 0 Å². The van der Waals surface area contributed by atoms with Gasteiger partial charge in [-0.05, 0) is 30.0 Å². The van der Waals surface area contributed by atoms with Gasteiger partial charge in [-0.1, -0.05) is 24.3 Å². The van der Waals surface area contributed by atoms with Crippen LogP contribution >= 0.6 is 0 Å². The molecule has 0 saturated carbocycles. The van der Waals surface area contributed by atoms with Crippen LogP contribution < -0.4 is 10.2 Å². The van der Waals surface area contributed by atoms with Crippen LogP contribution in [0.15, 0.2) is 48.9 Å². The second-order valence-electron chi connectivity index (χ2n) is 7.90. The molecular weight excluding hydrogens is 378 g/mol. The topological polar surface area (TPSA) is 111 Å². The fourth-order valence-corrected chi connectivity index (χ4v) is 4.28. The molecule has 1 aliphatic carbocycles. The van der Waals surface area contributed by atoms with Crippen molar-refractivity contribution in [2.75, 3.05) is 23.3 Å². The van der Waals surface area contributed by atoms with E-state index in [9.17, 15) is 0 Å². The van der Waals surface area contributed by atoms with Crippen LogP contribution in [0.1, 0.15) is 22.7 Å². The molecule has 0 atom stereocenters. The maximum atomic E-state index is 4.68. The van der Waals surface area contributed by atoms with Gasteiger partial charge < -0.3 is 15.2 Å². The fourth-order valence-electron chi connectivity index (χ4n) is 4.28. The van der Waals surface area contributed by atoms with Crippen LogP contribution in [0, 0.1) is 0 Å². The zero-order chi connectivity index (χ0) is 19.9. The molecule has 0 bridgehead atoms. The van der Waals surface area contributed by atoms with Crippen molar-refractivity contribution in [3.8, 4) is 11.5 Å². The quantitative estimate of drug-likeness (QED) is 0.472. The number of hydrogen-bond donors (Lipinski definition) is 3.